The Bertz CT molecular complexity index is 2320. The average Bonchev–Trinajstić information content (AvgIpc) is 3.80. The fourth-order valence-corrected chi connectivity index (χ4v) is 9.22. The highest BCUT2D eigenvalue weighted by molar-refractivity contribution is 5.94. The van der Waals surface area contributed by atoms with Gasteiger partial charge in [-0.2, -0.15) is 0 Å². The van der Waals surface area contributed by atoms with Crippen LogP contribution >= 0.6 is 0 Å². The maximum absolute atomic E-state index is 2.73. The van der Waals surface area contributed by atoms with Crippen LogP contribution < -0.4 is 19.6 Å². The molecule has 1 aliphatic carbocycles. The molecule has 0 radical (unpaired) electrons. The molecule has 0 bridgehead atoms. The quantitative estimate of drug-likeness (QED) is 0.180. The van der Waals surface area contributed by atoms with E-state index >= 15 is 0 Å². The van der Waals surface area contributed by atoms with Crippen molar-refractivity contribution < 1.29 is 0 Å². The molecule has 3 aliphatic rings. The largest absolute Gasteiger partial charge is 0.321 e. The summed E-state index contributed by atoms with van der Waals surface area (Å²) >= 11 is 0. The summed E-state index contributed by atoms with van der Waals surface area (Å²) in [7, 11) is 0. The summed E-state index contributed by atoms with van der Waals surface area (Å²) in [6.45, 7) is 24.3. The van der Waals surface area contributed by atoms with Crippen molar-refractivity contribution in [2.24, 2.45) is 0 Å². The number of nitrogens with zero attached hydrogens (tertiary/aromatic N) is 4. The molecule has 0 N–H and O–H groups in total. The van der Waals surface area contributed by atoms with Crippen LogP contribution in [0.5, 0.6) is 0 Å². The summed E-state index contributed by atoms with van der Waals surface area (Å²) in [6.07, 6.45) is 0. The first-order valence-corrected chi connectivity index (χ1v) is 19.9. The molecule has 6 aromatic carbocycles. The van der Waals surface area contributed by atoms with Crippen molar-refractivity contribution in [3.63, 3.8) is 0 Å². The van der Waals surface area contributed by atoms with E-state index in [1.807, 2.05) is 0 Å². The normalized spacial score (nSPS) is 15.7. The fourth-order valence-electron chi connectivity index (χ4n) is 9.22. The lowest BCUT2D eigenvalue weighted by atomic mass is 9.87. The summed E-state index contributed by atoms with van der Waals surface area (Å²) in [5, 5.41) is 0. The minimum Gasteiger partial charge on any atom is -0.321 e. The molecule has 6 aromatic rings. The number of benzene rings is 6. The van der Waals surface area contributed by atoms with Crippen LogP contribution in [-0.2, 0) is 16.5 Å². The maximum atomic E-state index is 2.73. The summed E-state index contributed by atoms with van der Waals surface area (Å²) in [5.41, 5.74) is 20.0. The highest BCUT2D eigenvalue weighted by Crippen LogP contribution is 2.61. The van der Waals surface area contributed by atoms with Gasteiger partial charge in [-0.15, -0.1) is 0 Å². The lowest BCUT2D eigenvalue weighted by Gasteiger charge is -2.49. The van der Waals surface area contributed by atoms with Crippen molar-refractivity contribution in [1.29, 1.82) is 0 Å². The molecule has 278 valence electrons. The summed E-state index contributed by atoms with van der Waals surface area (Å²) in [4.78, 5) is 10.6. The highest BCUT2D eigenvalue weighted by Gasteiger charge is 2.57. The third kappa shape index (κ3) is 5.32. The Kier molecular flexibility index (Phi) is 7.86. The van der Waals surface area contributed by atoms with E-state index in [0.717, 1.165) is 0 Å². The van der Waals surface area contributed by atoms with Crippen LogP contribution in [0.3, 0.4) is 0 Å². The molecule has 2 heterocycles. The Morgan fingerprint density at radius 2 is 0.782 bits per heavy atom. The van der Waals surface area contributed by atoms with Crippen LogP contribution in [0.15, 0.2) is 121 Å². The molecule has 0 aromatic heterocycles. The molecular formula is C51H54N4. The van der Waals surface area contributed by atoms with Crippen LogP contribution in [0.1, 0.15) is 86.1 Å². The number of aryl methyl sites for hydroxylation is 4. The molecule has 0 amide bonds. The minimum atomic E-state index is -0.660. The smallest absolute Gasteiger partial charge is 0.170 e. The van der Waals surface area contributed by atoms with Gasteiger partial charge in [0.15, 0.2) is 5.66 Å². The summed E-state index contributed by atoms with van der Waals surface area (Å²) in [5.74, 6) is 0. The summed E-state index contributed by atoms with van der Waals surface area (Å²) in [6, 6.07) is 46.5. The van der Waals surface area contributed by atoms with Crippen molar-refractivity contribution in [2.75, 3.05) is 32.9 Å². The van der Waals surface area contributed by atoms with Gasteiger partial charge in [0.25, 0.3) is 0 Å². The fraction of sp³-hybridized carbons (Fsp3) is 0.294. The van der Waals surface area contributed by atoms with Gasteiger partial charge in [0, 0.05) is 22.5 Å². The molecular weight excluding hydrogens is 669 g/mol. The number of hydrogen-bond acceptors (Lipinski definition) is 4. The molecule has 0 saturated heterocycles. The van der Waals surface area contributed by atoms with E-state index in [1.165, 1.54) is 89.8 Å². The first-order valence-electron chi connectivity index (χ1n) is 19.9. The van der Waals surface area contributed by atoms with Crippen molar-refractivity contribution in [2.45, 2.75) is 85.7 Å². The third-order valence-corrected chi connectivity index (χ3v) is 12.6. The predicted octanol–water partition coefficient (Wildman–Crippen LogP) is 12.9. The van der Waals surface area contributed by atoms with E-state index < -0.39 is 5.66 Å². The Morgan fingerprint density at radius 1 is 0.418 bits per heavy atom. The van der Waals surface area contributed by atoms with Crippen LogP contribution in [0.25, 0.3) is 11.1 Å². The van der Waals surface area contributed by atoms with Gasteiger partial charge in [-0.1, -0.05) is 114 Å². The predicted molar refractivity (Wildman–Crippen MR) is 234 cm³/mol. The Labute approximate surface area is 328 Å². The first kappa shape index (κ1) is 35.2. The Hall–Kier alpha value is -5.48. The second-order valence-electron chi connectivity index (χ2n) is 18.2. The number of anilines is 6. The van der Waals surface area contributed by atoms with Crippen molar-refractivity contribution >= 4 is 34.1 Å². The number of hydrogen-bond donors (Lipinski definition) is 0. The van der Waals surface area contributed by atoms with Crippen LogP contribution in [-0.4, -0.2) is 13.3 Å². The van der Waals surface area contributed by atoms with Gasteiger partial charge in [0.2, 0.25) is 0 Å². The van der Waals surface area contributed by atoms with Crippen molar-refractivity contribution in [1.82, 2.24) is 0 Å². The van der Waals surface area contributed by atoms with Gasteiger partial charge in [0.1, 0.15) is 0 Å². The van der Waals surface area contributed by atoms with E-state index in [2.05, 4.69) is 210 Å². The molecule has 0 spiro atoms. The van der Waals surface area contributed by atoms with Crippen LogP contribution in [0.2, 0.25) is 0 Å². The Morgan fingerprint density at radius 3 is 1.16 bits per heavy atom. The van der Waals surface area contributed by atoms with Crippen LogP contribution in [0, 0.1) is 27.7 Å². The molecule has 4 nitrogen and oxygen atoms in total. The minimum absolute atomic E-state index is 0.0367. The van der Waals surface area contributed by atoms with E-state index in [-0.39, 0.29) is 10.8 Å². The van der Waals surface area contributed by atoms with E-state index in [0.29, 0.717) is 13.3 Å². The van der Waals surface area contributed by atoms with Gasteiger partial charge < -0.3 is 19.6 Å². The lowest BCUT2D eigenvalue weighted by molar-refractivity contribution is 0.472. The molecule has 0 saturated carbocycles. The van der Waals surface area contributed by atoms with Crippen molar-refractivity contribution in [3.8, 4) is 11.1 Å². The molecule has 0 atom stereocenters. The van der Waals surface area contributed by atoms with Crippen LogP contribution in [0.4, 0.5) is 34.1 Å². The van der Waals surface area contributed by atoms with Gasteiger partial charge in [0.05, 0.1) is 36.1 Å². The second kappa shape index (κ2) is 12.3. The van der Waals surface area contributed by atoms with E-state index in [1.54, 1.807) is 0 Å². The zero-order chi connectivity index (χ0) is 38.6. The van der Waals surface area contributed by atoms with Gasteiger partial charge in [-0.25, -0.2) is 0 Å². The first-order chi connectivity index (χ1) is 26.2. The van der Waals surface area contributed by atoms with E-state index in [4.69, 9.17) is 0 Å². The molecule has 55 heavy (non-hydrogen) atoms. The van der Waals surface area contributed by atoms with Crippen molar-refractivity contribution in [3.05, 3.63) is 166 Å². The zero-order valence-corrected chi connectivity index (χ0v) is 34.3. The van der Waals surface area contributed by atoms with E-state index in [9.17, 15) is 0 Å². The van der Waals surface area contributed by atoms with Gasteiger partial charge >= 0.3 is 0 Å². The SMILES string of the molecule is Cc1cc2c(cc1C)N(C1(N3CN(c4cccc(C(C)(C)C)c4)c4cc(C)c(C)cc43)c3ccccc3-c3ccccc31)CN2c1cccc(C(C)(C)C)c1. The summed E-state index contributed by atoms with van der Waals surface area (Å²) < 4.78 is 0. The molecule has 0 fully saturated rings. The zero-order valence-electron chi connectivity index (χ0n) is 34.3. The number of fused-ring (bicyclic) bond motifs is 5. The average molecular weight is 723 g/mol. The molecule has 2 aliphatic heterocycles. The lowest BCUT2D eigenvalue weighted by Crippen LogP contribution is -2.59. The maximum Gasteiger partial charge on any atom is 0.170 e. The Balaban J connectivity index is 1.33. The standard InChI is InChI=1S/C51H54N4/c1-33-25-45-47(27-35(33)3)54(31-52(45)39-19-15-17-37(29-39)49(5,6)7)51(43-23-13-11-21-41(43)42-22-12-14-24-44(42)51)55-32-53(46-26-34(2)36(4)28-48(46)55)40-20-16-18-38(30-40)50(8,9)10/h11-30H,31-32H2,1-10H3. The molecule has 9 rings (SSSR count). The topological polar surface area (TPSA) is 13.0 Å². The third-order valence-electron chi connectivity index (χ3n) is 12.6. The monoisotopic (exact) mass is 722 g/mol. The van der Waals surface area contributed by atoms with Gasteiger partial charge in [-0.05, 0) is 132 Å². The number of rotatable bonds is 4. The van der Waals surface area contributed by atoms with Gasteiger partial charge in [-0.3, -0.25) is 0 Å². The molecule has 0 unspecified atom stereocenters. The highest BCUT2D eigenvalue weighted by atomic mass is 15.5. The molecule has 4 heteroatoms. The second-order valence-corrected chi connectivity index (χ2v) is 18.2.